The van der Waals surface area contributed by atoms with Crippen LogP contribution >= 0.6 is 23.2 Å². The van der Waals surface area contributed by atoms with Crippen molar-refractivity contribution in [3.05, 3.63) is 101 Å². The molecular formula is C28H25Cl2N3O7S2. The monoisotopic (exact) mass is 649 g/mol. The second-order valence-electron chi connectivity index (χ2n) is 8.69. The molecule has 2 N–H and O–H groups in total. The lowest BCUT2D eigenvalue weighted by atomic mass is 10.3. The minimum absolute atomic E-state index is 0.0470. The highest BCUT2D eigenvalue weighted by Crippen LogP contribution is 2.32. The summed E-state index contributed by atoms with van der Waals surface area (Å²) in [6, 6.07) is 21.6. The molecule has 42 heavy (non-hydrogen) atoms. The third kappa shape index (κ3) is 7.26. The van der Waals surface area contributed by atoms with E-state index in [0.717, 1.165) is 4.31 Å². The van der Waals surface area contributed by atoms with E-state index in [9.17, 15) is 21.6 Å². The first-order valence-electron chi connectivity index (χ1n) is 12.1. The molecule has 0 unspecified atom stereocenters. The average molecular weight is 651 g/mol. The number of ether oxygens (including phenoxy) is 2. The first kappa shape index (κ1) is 31.0. The summed E-state index contributed by atoms with van der Waals surface area (Å²) in [7, 11) is -5.38. The number of hydrogen-bond acceptors (Lipinski definition) is 7. The number of benzene rings is 4. The predicted molar refractivity (Wildman–Crippen MR) is 163 cm³/mol. The summed E-state index contributed by atoms with van der Waals surface area (Å²) in [6.45, 7) is -0.601. The summed E-state index contributed by atoms with van der Waals surface area (Å²) in [5.41, 5.74) is 0.777. The van der Waals surface area contributed by atoms with Gasteiger partial charge in [-0.2, -0.15) is 0 Å². The summed E-state index contributed by atoms with van der Waals surface area (Å²) in [5.74, 6) is -0.148. The molecule has 4 rings (SSSR count). The van der Waals surface area contributed by atoms with Crippen LogP contribution in [-0.4, -0.2) is 43.5 Å². The Kier molecular flexibility index (Phi) is 9.52. The molecule has 0 spiro atoms. The lowest BCUT2D eigenvalue weighted by Crippen LogP contribution is -2.38. The molecule has 0 aliphatic carbocycles. The highest BCUT2D eigenvalue weighted by molar-refractivity contribution is 7.93. The number of halogens is 2. The fraction of sp³-hybridized carbons (Fsp3) is 0.107. The van der Waals surface area contributed by atoms with Gasteiger partial charge in [0.05, 0.1) is 29.7 Å². The van der Waals surface area contributed by atoms with Gasteiger partial charge in [-0.1, -0.05) is 23.2 Å². The first-order valence-corrected chi connectivity index (χ1v) is 15.8. The van der Waals surface area contributed by atoms with Gasteiger partial charge in [0.2, 0.25) is 5.91 Å². The zero-order valence-corrected chi connectivity index (χ0v) is 25.4. The Balaban J connectivity index is 1.55. The number of nitrogens with zero attached hydrogens (tertiary/aromatic N) is 1. The molecule has 0 aliphatic rings. The zero-order valence-electron chi connectivity index (χ0n) is 22.2. The quantitative estimate of drug-likeness (QED) is 0.215. The van der Waals surface area contributed by atoms with E-state index in [-0.39, 0.29) is 26.9 Å². The molecule has 0 atom stereocenters. The largest absolute Gasteiger partial charge is 0.493 e. The van der Waals surface area contributed by atoms with Gasteiger partial charge in [0.15, 0.2) is 11.5 Å². The number of methoxy groups -OCH3 is 2. The maximum Gasteiger partial charge on any atom is 0.264 e. The lowest BCUT2D eigenvalue weighted by molar-refractivity contribution is -0.114. The van der Waals surface area contributed by atoms with Gasteiger partial charge in [-0.25, -0.2) is 16.8 Å². The van der Waals surface area contributed by atoms with E-state index in [2.05, 4.69) is 10.0 Å². The molecule has 0 heterocycles. The van der Waals surface area contributed by atoms with Crippen molar-refractivity contribution in [2.75, 3.05) is 35.1 Å². The second kappa shape index (κ2) is 12.9. The number of amides is 1. The Morgan fingerprint density at radius 2 is 1.24 bits per heavy atom. The van der Waals surface area contributed by atoms with Crippen molar-refractivity contribution in [1.82, 2.24) is 0 Å². The van der Waals surface area contributed by atoms with Crippen molar-refractivity contribution in [3.8, 4) is 11.5 Å². The molecule has 0 radical (unpaired) electrons. The van der Waals surface area contributed by atoms with Gasteiger partial charge in [0.25, 0.3) is 20.0 Å². The van der Waals surface area contributed by atoms with Crippen LogP contribution in [0.2, 0.25) is 10.0 Å². The van der Waals surface area contributed by atoms with E-state index in [4.69, 9.17) is 32.7 Å². The zero-order chi connectivity index (χ0) is 30.5. The van der Waals surface area contributed by atoms with Crippen LogP contribution in [0.1, 0.15) is 0 Å². The van der Waals surface area contributed by atoms with Gasteiger partial charge in [-0.15, -0.1) is 0 Å². The van der Waals surface area contributed by atoms with E-state index in [1.54, 1.807) is 12.1 Å². The highest BCUT2D eigenvalue weighted by Gasteiger charge is 2.28. The molecule has 0 aliphatic heterocycles. The van der Waals surface area contributed by atoms with E-state index in [1.165, 1.54) is 93.1 Å². The number of carbonyl (C=O) groups excluding carboxylic acids is 1. The number of rotatable bonds is 11. The van der Waals surface area contributed by atoms with Crippen molar-refractivity contribution in [1.29, 1.82) is 0 Å². The van der Waals surface area contributed by atoms with Gasteiger partial charge in [0.1, 0.15) is 6.54 Å². The maximum absolute atomic E-state index is 13.7. The summed E-state index contributed by atoms with van der Waals surface area (Å²) in [6.07, 6.45) is 0. The molecular weight excluding hydrogens is 625 g/mol. The molecule has 0 saturated heterocycles. The summed E-state index contributed by atoms with van der Waals surface area (Å²) < 4.78 is 66.8. The van der Waals surface area contributed by atoms with Gasteiger partial charge < -0.3 is 14.8 Å². The van der Waals surface area contributed by atoms with Crippen molar-refractivity contribution < 1.29 is 31.1 Å². The van der Waals surface area contributed by atoms with Gasteiger partial charge in [-0.05, 0) is 84.9 Å². The van der Waals surface area contributed by atoms with Gasteiger partial charge in [-0.3, -0.25) is 13.8 Å². The molecule has 4 aromatic carbocycles. The maximum atomic E-state index is 13.7. The first-order chi connectivity index (χ1) is 19.9. The Bertz CT molecular complexity index is 1780. The molecule has 0 aromatic heterocycles. The average Bonchev–Trinajstić information content (AvgIpc) is 2.97. The SMILES string of the molecule is COc1ccc(S(=O)(=O)N(CC(=O)Nc2ccc(S(=O)(=O)Nc3ccc(Cl)cc3)cc2)c2ccc(Cl)cc2)cc1OC. The van der Waals surface area contributed by atoms with Crippen molar-refractivity contribution >= 4 is 66.2 Å². The predicted octanol–water partition coefficient (Wildman–Crippen LogP) is 5.65. The van der Waals surface area contributed by atoms with Crippen LogP contribution in [0.5, 0.6) is 11.5 Å². The minimum Gasteiger partial charge on any atom is -0.493 e. The molecule has 4 aromatic rings. The molecule has 0 saturated carbocycles. The smallest absolute Gasteiger partial charge is 0.264 e. The van der Waals surface area contributed by atoms with Crippen LogP contribution < -0.4 is 23.8 Å². The van der Waals surface area contributed by atoms with Crippen LogP contribution in [0.25, 0.3) is 0 Å². The van der Waals surface area contributed by atoms with Crippen LogP contribution in [0.4, 0.5) is 17.1 Å². The molecule has 220 valence electrons. The number of sulfonamides is 2. The molecule has 10 nitrogen and oxygen atoms in total. The number of carbonyl (C=O) groups is 1. The van der Waals surface area contributed by atoms with Crippen molar-refractivity contribution in [3.63, 3.8) is 0 Å². The summed E-state index contributed by atoms with van der Waals surface area (Å²) >= 11 is 11.8. The second-order valence-corrected chi connectivity index (χ2v) is 13.1. The Morgan fingerprint density at radius 1 is 0.714 bits per heavy atom. The molecule has 1 amide bonds. The summed E-state index contributed by atoms with van der Waals surface area (Å²) in [4.78, 5) is 12.9. The highest BCUT2D eigenvalue weighted by atomic mass is 35.5. The molecule has 14 heteroatoms. The molecule has 0 fully saturated rings. The van der Waals surface area contributed by atoms with Gasteiger partial charge in [0, 0.05) is 27.5 Å². The fourth-order valence-electron chi connectivity index (χ4n) is 3.81. The van der Waals surface area contributed by atoms with E-state index >= 15 is 0 Å². The topological polar surface area (TPSA) is 131 Å². The third-order valence-electron chi connectivity index (χ3n) is 5.89. The van der Waals surface area contributed by atoms with Crippen LogP contribution in [0, 0.1) is 0 Å². The Hall–Kier alpha value is -3.97. The van der Waals surface area contributed by atoms with Crippen LogP contribution in [0.15, 0.2) is 101 Å². The number of hydrogen-bond donors (Lipinski definition) is 2. The molecule has 0 bridgehead atoms. The standard InChI is InChI=1S/C28H25Cl2N3O7S2/c1-39-26-16-15-25(17-27(26)40-2)42(37,38)33(23-11-5-20(30)6-12-23)18-28(34)31-21-9-13-24(14-10-21)41(35,36)32-22-7-3-19(29)4-8-22/h3-17,32H,18H2,1-2H3,(H,31,34). The number of anilines is 3. The van der Waals surface area contributed by atoms with Crippen LogP contribution in [-0.2, 0) is 24.8 Å². The Labute approximate surface area is 253 Å². The Morgan fingerprint density at radius 3 is 1.81 bits per heavy atom. The number of nitrogens with one attached hydrogen (secondary N) is 2. The van der Waals surface area contributed by atoms with Crippen molar-refractivity contribution in [2.45, 2.75) is 9.79 Å². The fourth-order valence-corrected chi connectivity index (χ4v) is 6.55. The van der Waals surface area contributed by atoms with Gasteiger partial charge >= 0.3 is 0 Å². The normalized spacial score (nSPS) is 11.4. The third-order valence-corrected chi connectivity index (χ3v) is 9.56. The lowest BCUT2D eigenvalue weighted by Gasteiger charge is -2.24. The van der Waals surface area contributed by atoms with Crippen molar-refractivity contribution in [2.24, 2.45) is 0 Å². The summed E-state index contributed by atoms with van der Waals surface area (Å²) in [5, 5.41) is 3.45. The minimum atomic E-state index is -4.27. The van der Waals surface area contributed by atoms with E-state index in [1.807, 2.05) is 0 Å². The van der Waals surface area contributed by atoms with Crippen LogP contribution in [0.3, 0.4) is 0 Å². The van der Waals surface area contributed by atoms with E-state index in [0.29, 0.717) is 21.5 Å². The van der Waals surface area contributed by atoms with E-state index < -0.39 is 32.5 Å².